The van der Waals surface area contributed by atoms with Crippen LogP contribution < -0.4 is 5.32 Å². The standard InChI is InChI=1S/C14H30N2O2S/c1-6-11(3)14-9-16(13(7-2)8-15-14)12(4)10-19(5,17)18/h11-15H,6-10H2,1-5H3. The Morgan fingerprint density at radius 3 is 2.42 bits per heavy atom. The fraction of sp³-hybridized carbons (Fsp3) is 1.00. The molecule has 1 saturated heterocycles. The van der Waals surface area contributed by atoms with Gasteiger partial charge in [0.15, 0.2) is 0 Å². The number of nitrogens with zero attached hydrogens (tertiary/aromatic N) is 1. The van der Waals surface area contributed by atoms with Crippen LogP contribution in [0.5, 0.6) is 0 Å². The number of rotatable bonds is 6. The highest BCUT2D eigenvalue weighted by Gasteiger charge is 2.32. The molecule has 1 heterocycles. The van der Waals surface area contributed by atoms with Crippen molar-refractivity contribution in [1.29, 1.82) is 0 Å². The van der Waals surface area contributed by atoms with Crippen molar-refractivity contribution in [2.24, 2.45) is 5.92 Å². The normalized spacial score (nSPS) is 29.1. The maximum atomic E-state index is 11.5. The Morgan fingerprint density at radius 2 is 1.95 bits per heavy atom. The van der Waals surface area contributed by atoms with Crippen molar-refractivity contribution in [2.75, 3.05) is 25.1 Å². The van der Waals surface area contributed by atoms with Crippen molar-refractivity contribution in [1.82, 2.24) is 10.2 Å². The van der Waals surface area contributed by atoms with Crippen LogP contribution in [0.25, 0.3) is 0 Å². The molecule has 114 valence electrons. The maximum Gasteiger partial charge on any atom is 0.148 e. The van der Waals surface area contributed by atoms with Gasteiger partial charge in [-0.15, -0.1) is 0 Å². The summed E-state index contributed by atoms with van der Waals surface area (Å²) in [5.74, 6) is 0.891. The van der Waals surface area contributed by atoms with Crippen molar-refractivity contribution < 1.29 is 8.42 Å². The molecule has 0 aromatic heterocycles. The number of hydrogen-bond donors (Lipinski definition) is 1. The Kier molecular flexibility index (Phi) is 6.27. The van der Waals surface area contributed by atoms with Gasteiger partial charge in [0.1, 0.15) is 9.84 Å². The van der Waals surface area contributed by atoms with Gasteiger partial charge in [-0.3, -0.25) is 4.90 Å². The zero-order chi connectivity index (χ0) is 14.6. The summed E-state index contributed by atoms with van der Waals surface area (Å²) in [5, 5.41) is 3.63. The van der Waals surface area contributed by atoms with Crippen molar-refractivity contribution >= 4 is 9.84 Å². The van der Waals surface area contributed by atoms with Gasteiger partial charge in [-0.2, -0.15) is 0 Å². The highest BCUT2D eigenvalue weighted by molar-refractivity contribution is 7.90. The van der Waals surface area contributed by atoms with E-state index < -0.39 is 9.84 Å². The zero-order valence-electron chi connectivity index (χ0n) is 13.0. The third-order valence-electron chi connectivity index (χ3n) is 4.40. The smallest absolute Gasteiger partial charge is 0.148 e. The summed E-state index contributed by atoms with van der Waals surface area (Å²) < 4.78 is 23.0. The number of hydrogen-bond acceptors (Lipinski definition) is 4. The molecule has 19 heavy (non-hydrogen) atoms. The molecule has 4 nitrogen and oxygen atoms in total. The molecule has 1 rings (SSSR count). The van der Waals surface area contributed by atoms with Crippen molar-refractivity contribution in [2.45, 2.75) is 58.7 Å². The number of nitrogens with one attached hydrogen (secondary N) is 1. The second-order valence-corrected chi connectivity index (χ2v) is 8.29. The summed E-state index contributed by atoms with van der Waals surface area (Å²) in [5.41, 5.74) is 0. The maximum absolute atomic E-state index is 11.5. The largest absolute Gasteiger partial charge is 0.311 e. The molecule has 0 aliphatic carbocycles. The van der Waals surface area contributed by atoms with Crippen molar-refractivity contribution in [3.8, 4) is 0 Å². The second kappa shape index (κ2) is 7.04. The monoisotopic (exact) mass is 290 g/mol. The third kappa shape index (κ3) is 5.04. The molecule has 1 fully saturated rings. The summed E-state index contributed by atoms with van der Waals surface area (Å²) in [6.07, 6.45) is 3.55. The lowest BCUT2D eigenvalue weighted by molar-refractivity contribution is 0.0789. The second-order valence-electron chi connectivity index (χ2n) is 6.10. The fourth-order valence-electron chi connectivity index (χ4n) is 2.96. The molecule has 0 amide bonds. The predicted octanol–water partition coefficient (Wildman–Crippen LogP) is 1.52. The van der Waals surface area contributed by atoms with Crippen molar-refractivity contribution in [3.05, 3.63) is 0 Å². The van der Waals surface area contributed by atoms with Crippen LogP contribution in [0, 0.1) is 5.92 Å². The van der Waals surface area contributed by atoms with Gasteiger partial charge in [0, 0.05) is 37.5 Å². The van der Waals surface area contributed by atoms with Crippen LogP contribution in [0.4, 0.5) is 0 Å². The van der Waals surface area contributed by atoms with Crippen LogP contribution in [0.15, 0.2) is 0 Å². The van der Waals surface area contributed by atoms with E-state index in [1.165, 1.54) is 6.26 Å². The molecule has 1 N–H and O–H groups in total. The fourth-order valence-corrected chi connectivity index (χ4v) is 4.03. The van der Waals surface area contributed by atoms with E-state index in [1.807, 2.05) is 6.92 Å². The van der Waals surface area contributed by atoms with Gasteiger partial charge in [-0.05, 0) is 19.3 Å². The Hall–Kier alpha value is -0.130. The van der Waals surface area contributed by atoms with Gasteiger partial charge in [0.05, 0.1) is 5.75 Å². The average molecular weight is 290 g/mol. The molecular formula is C14H30N2O2S. The van der Waals surface area contributed by atoms with Gasteiger partial charge >= 0.3 is 0 Å². The zero-order valence-corrected chi connectivity index (χ0v) is 13.8. The molecule has 1 aliphatic heterocycles. The van der Waals surface area contributed by atoms with Gasteiger partial charge in [-0.25, -0.2) is 8.42 Å². The highest BCUT2D eigenvalue weighted by Crippen LogP contribution is 2.20. The SMILES string of the molecule is CCC(C)C1CN(C(C)CS(C)(=O)=O)C(CC)CN1. The first-order valence-corrected chi connectivity index (χ1v) is 9.51. The Bertz CT molecular complexity index is 370. The predicted molar refractivity (Wildman–Crippen MR) is 81.2 cm³/mol. The minimum Gasteiger partial charge on any atom is -0.311 e. The van der Waals surface area contributed by atoms with E-state index >= 15 is 0 Å². The molecule has 0 spiro atoms. The molecule has 0 radical (unpaired) electrons. The van der Waals surface area contributed by atoms with Crippen molar-refractivity contribution in [3.63, 3.8) is 0 Å². The Labute approximate surface area is 118 Å². The van der Waals surface area contributed by atoms with Crippen LogP contribution in [0.1, 0.15) is 40.5 Å². The van der Waals surface area contributed by atoms with Crippen LogP contribution in [0.2, 0.25) is 0 Å². The molecule has 0 aromatic carbocycles. The molecule has 1 aliphatic rings. The van der Waals surface area contributed by atoms with E-state index in [-0.39, 0.29) is 11.8 Å². The van der Waals surface area contributed by atoms with E-state index in [0.29, 0.717) is 18.0 Å². The topological polar surface area (TPSA) is 49.4 Å². The molecule has 5 heteroatoms. The van der Waals surface area contributed by atoms with E-state index in [4.69, 9.17) is 0 Å². The third-order valence-corrected chi connectivity index (χ3v) is 5.49. The molecular weight excluding hydrogens is 260 g/mol. The minimum atomic E-state index is -2.91. The van der Waals surface area contributed by atoms with E-state index in [9.17, 15) is 8.42 Å². The average Bonchev–Trinajstić information content (AvgIpc) is 2.35. The molecule has 0 bridgehead atoms. The first-order valence-electron chi connectivity index (χ1n) is 7.45. The molecule has 4 unspecified atom stereocenters. The van der Waals surface area contributed by atoms with Crippen LogP contribution in [0.3, 0.4) is 0 Å². The number of sulfone groups is 1. The van der Waals surface area contributed by atoms with Gasteiger partial charge < -0.3 is 5.32 Å². The van der Waals surface area contributed by atoms with Crippen LogP contribution in [-0.2, 0) is 9.84 Å². The first-order chi connectivity index (χ1) is 8.78. The lowest BCUT2D eigenvalue weighted by atomic mass is 9.94. The quantitative estimate of drug-likeness (QED) is 0.806. The van der Waals surface area contributed by atoms with Gasteiger partial charge in [0.25, 0.3) is 0 Å². The summed E-state index contributed by atoms with van der Waals surface area (Å²) in [4.78, 5) is 2.40. The van der Waals surface area contributed by atoms with Crippen LogP contribution in [-0.4, -0.2) is 56.5 Å². The minimum absolute atomic E-state index is 0.105. The molecule has 0 saturated carbocycles. The van der Waals surface area contributed by atoms with Gasteiger partial charge in [0.2, 0.25) is 0 Å². The Morgan fingerprint density at radius 1 is 1.32 bits per heavy atom. The lowest BCUT2D eigenvalue weighted by Gasteiger charge is -2.45. The Balaban J connectivity index is 2.74. The summed E-state index contributed by atoms with van der Waals surface area (Å²) in [6, 6.07) is 1.04. The summed E-state index contributed by atoms with van der Waals surface area (Å²) >= 11 is 0. The molecule has 4 atom stereocenters. The summed E-state index contributed by atoms with van der Waals surface area (Å²) in [6.45, 7) is 10.6. The van der Waals surface area contributed by atoms with Crippen LogP contribution >= 0.6 is 0 Å². The summed E-state index contributed by atoms with van der Waals surface area (Å²) in [7, 11) is -2.91. The number of piperazine rings is 1. The molecule has 0 aromatic rings. The highest BCUT2D eigenvalue weighted by atomic mass is 32.2. The van der Waals surface area contributed by atoms with E-state index in [1.54, 1.807) is 0 Å². The van der Waals surface area contributed by atoms with E-state index in [0.717, 1.165) is 25.9 Å². The first kappa shape index (κ1) is 16.9. The lowest BCUT2D eigenvalue weighted by Crippen LogP contribution is -2.61. The van der Waals surface area contributed by atoms with E-state index in [2.05, 4.69) is 31.0 Å². The van der Waals surface area contributed by atoms with Gasteiger partial charge in [-0.1, -0.05) is 27.2 Å².